The molecule has 0 heterocycles. The van der Waals surface area contributed by atoms with Gasteiger partial charge >= 0.3 is 0 Å². The predicted octanol–water partition coefficient (Wildman–Crippen LogP) is 2.39. The molecule has 0 atom stereocenters. The molecule has 0 fully saturated rings. The van der Waals surface area contributed by atoms with Gasteiger partial charge in [0.1, 0.15) is 5.82 Å². The molecule has 4 nitrogen and oxygen atoms in total. The molecule has 21 heavy (non-hydrogen) atoms. The maximum Gasteiger partial charge on any atom is 0.253 e. The summed E-state index contributed by atoms with van der Waals surface area (Å²) in [5.41, 5.74) is 5.61. The molecule has 0 unspecified atom stereocenters. The van der Waals surface area contributed by atoms with Crippen LogP contribution in [0, 0.1) is 12.7 Å². The number of rotatable bonds is 5. The third-order valence-electron chi connectivity index (χ3n) is 3.19. The normalized spacial score (nSPS) is 10.2. The fourth-order valence-corrected chi connectivity index (χ4v) is 2.04. The molecule has 0 aliphatic rings. The molecule has 0 aliphatic carbocycles. The van der Waals surface area contributed by atoms with Gasteiger partial charge in [-0.3, -0.25) is 10.6 Å². The van der Waals surface area contributed by atoms with Crippen molar-refractivity contribution in [2.45, 2.75) is 13.3 Å². The van der Waals surface area contributed by atoms with Gasteiger partial charge in [-0.25, -0.2) is 4.39 Å². The average molecular weight is 287 g/mol. The Bertz CT molecular complexity index is 626. The van der Waals surface area contributed by atoms with Crippen LogP contribution in [-0.4, -0.2) is 12.5 Å². The van der Waals surface area contributed by atoms with Crippen molar-refractivity contribution >= 4 is 11.6 Å². The van der Waals surface area contributed by atoms with E-state index in [0.717, 1.165) is 11.1 Å². The summed E-state index contributed by atoms with van der Waals surface area (Å²) in [6, 6.07) is 11.6. The highest BCUT2D eigenvalue weighted by atomic mass is 19.1. The van der Waals surface area contributed by atoms with E-state index in [1.807, 2.05) is 19.1 Å². The molecule has 0 bridgehead atoms. The molecule has 0 aromatic heterocycles. The summed E-state index contributed by atoms with van der Waals surface area (Å²) < 4.78 is 12.8. The van der Waals surface area contributed by atoms with Crippen LogP contribution in [0.3, 0.4) is 0 Å². The van der Waals surface area contributed by atoms with Crippen molar-refractivity contribution in [1.82, 2.24) is 5.32 Å². The number of amides is 1. The second kappa shape index (κ2) is 6.85. The van der Waals surface area contributed by atoms with Crippen LogP contribution < -0.4 is 16.6 Å². The van der Waals surface area contributed by atoms with Crippen molar-refractivity contribution in [2.24, 2.45) is 5.84 Å². The van der Waals surface area contributed by atoms with Crippen molar-refractivity contribution in [1.29, 1.82) is 0 Å². The number of nitrogen functional groups attached to an aromatic ring is 1. The van der Waals surface area contributed by atoms with Crippen LogP contribution in [0.2, 0.25) is 0 Å². The summed E-state index contributed by atoms with van der Waals surface area (Å²) in [6.45, 7) is 2.40. The van der Waals surface area contributed by atoms with Crippen molar-refractivity contribution < 1.29 is 9.18 Å². The van der Waals surface area contributed by atoms with Crippen LogP contribution >= 0.6 is 0 Å². The fourth-order valence-electron chi connectivity index (χ4n) is 2.04. The largest absolute Gasteiger partial charge is 0.352 e. The molecule has 0 saturated carbocycles. The van der Waals surface area contributed by atoms with Crippen LogP contribution in [-0.2, 0) is 6.42 Å². The van der Waals surface area contributed by atoms with E-state index < -0.39 is 0 Å². The number of nitrogens with one attached hydrogen (secondary N) is 2. The average Bonchev–Trinajstić information content (AvgIpc) is 2.49. The second-order valence-electron chi connectivity index (χ2n) is 4.83. The van der Waals surface area contributed by atoms with Gasteiger partial charge in [0.15, 0.2) is 0 Å². The topological polar surface area (TPSA) is 67.2 Å². The Morgan fingerprint density at radius 1 is 1.19 bits per heavy atom. The minimum absolute atomic E-state index is 0.190. The lowest BCUT2D eigenvalue weighted by Crippen LogP contribution is -2.27. The van der Waals surface area contributed by atoms with Crippen molar-refractivity contribution in [3.63, 3.8) is 0 Å². The van der Waals surface area contributed by atoms with Crippen LogP contribution in [0.1, 0.15) is 21.5 Å². The first kappa shape index (κ1) is 15.0. The molecule has 110 valence electrons. The van der Waals surface area contributed by atoms with Gasteiger partial charge in [-0.05, 0) is 48.7 Å². The van der Waals surface area contributed by atoms with Crippen LogP contribution in [0.15, 0.2) is 42.5 Å². The van der Waals surface area contributed by atoms with Gasteiger partial charge in [-0.2, -0.15) is 0 Å². The van der Waals surface area contributed by atoms with Crippen molar-refractivity contribution in [3.05, 3.63) is 65.0 Å². The van der Waals surface area contributed by atoms with Crippen LogP contribution in [0.25, 0.3) is 0 Å². The Hall–Kier alpha value is -2.40. The zero-order valence-electron chi connectivity index (χ0n) is 11.8. The Balaban J connectivity index is 1.94. The Labute approximate surface area is 123 Å². The number of nitrogens with two attached hydrogens (primary N) is 1. The number of benzene rings is 2. The monoisotopic (exact) mass is 287 g/mol. The Kier molecular flexibility index (Phi) is 4.90. The van der Waals surface area contributed by atoms with Gasteiger partial charge in [-0.1, -0.05) is 18.2 Å². The number of hydrazine groups is 1. The van der Waals surface area contributed by atoms with Gasteiger partial charge in [0.2, 0.25) is 0 Å². The SMILES string of the molecule is Cc1ccc(C(=O)NCCc2ccc(F)cc2)c(NN)c1. The summed E-state index contributed by atoms with van der Waals surface area (Å²) >= 11 is 0. The van der Waals surface area contributed by atoms with E-state index in [4.69, 9.17) is 5.84 Å². The number of carbonyl (C=O) groups is 1. The first-order valence-electron chi connectivity index (χ1n) is 6.70. The molecular formula is C16H18FN3O. The summed E-state index contributed by atoms with van der Waals surface area (Å²) in [4.78, 5) is 12.1. The lowest BCUT2D eigenvalue weighted by atomic mass is 10.1. The van der Waals surface area contributed by atoms with E-state index in [0.29, 0.717) is 24.2 Å². The first-order chi connectivity index (χ1) is 10.1. The van der Waals surface area contributed by atoms with Gasteiger partial charge < -0.3 is 10.7 Å². The molecule has 5 heteroatoms. The number of hydrogen-bond donors (Lipinski definition) is 3. The molecule has 0 radical (unpaired) electrons. The first-order valence-corrected chi connectivity index (χ1v) is 6.70. The highest BCUT2D eigenvalue weighted by molar-refractivity contribution is 5.99. The van der Waals surface area contributed by atoms with E-state index in [-0.39, 0.29) is 11.7 Å². The Morgan fingerprint density at radius 3 is 2.57 bits per heavy atom. The standard InChI is InChI=1S/C16H18FN3O/c1-11-2-7-14(15(10-11)20-18)16(21)19-9-8-12-3-5-13(17)6-4-12/h2-7,10,20H,8-9,18H2,1H3,(H,19,21). The predicted molar refractivity (Wildman–Crippen MR) is 81.4 cm³/mol. The summed E-state index contributed by atoms with van der Waals surface area (Å²) in [5.74, 6) is 4.97. The molecule has 2 rings (SSSR count). The lowest BCUT2D eigenvalue weighted by molar-refractivity contribution is 0.0955. The Morgan fingerprint density at radius 2 is 1.90 bits per heavy atom. The number of aryl methyl sites for hydroxylation is 1. The summed E-state index contributed by atoms with van der Waals surface area (Å²) in [7, 11) is 0. The minimum atomic E-state index is -0.263. The van der Waals surface area contributed by atoms with Crippen molar-refractivity contribution in [3.8, 4) is 0 Å². The highest BCUT2D eigenvalue weighted by Crippen LogP contribution is 2.16. The maximum absolute atomic E-state index is 12.8. The third-order valence-corrected chi connectivity index (χ3v) is 3.19. The van der Waals surface area contributed by atoms with Gasteiger partial charge in [-0.15, -0.1) is 0 Å². The van der Waals surface area contributed by atoms with E-state index in [2.05, 4.69) is 10.7 Å². The highest BCUT2D eigenvalue weighted by Gasteiger charge is 2.10. The molecule has 0 spiro atoms. The maximum atomic E-state index is 12.8. The number of halogens is 1. The van der Waals surface area contributed by atoms with Crippen LogP contribution in [0.5, 0.6) is 0 Å². The van der Waals surface area contributed by atoms with E-state index in [1.54, 1.807) is 18.2 Å². The van der Waals surface area contributed by atoms with E-state index in [1.165, 1.54) is 12.1 Å². The van der Waals surface area contributed by atoms with Crippen LogP contribution in [0.4, 0.5) is 10.1 Å². The number of anilines is 1. The zero-order chi connectivity index (χ0) is 15.2. The zero-order valence-corrected chi connectivity index (χ0v) is 11.8. The van der Waals surface area contributed by atoms with Gasteiger partial charge in [0.05, 0.1) is 11.3 Å². The molecule has 2 aromatic rings. The molecule has 0 saturated heterocycles. The molecule has 0 aliphatic heterocycles. The third kappa shape index (κ3) is 4.03. The van der Waals surface area contributed by atoms with Gasteiger partial charge in [0.25, 0.3) is 5.91 Å². The second-order valence-corrected chi connectivity index (χ2v) is 4.83. The van der Waals surface area contributed by atoms with E-state index >= 15 is 0 Å². The fraction of sp³-hybridized carbons (Fsp3) is 0.188. The smallest absolute Gasteiger partial charge is 0.253 e. The number of carbonyl (C=O) groups excluding carboxylic acids is 1. The van der Waals surface area contributed by atoms with E-state index in [9.17, 15) is 9.18 Å². The number of hydrogen-bond acceptors (Lipinski definition) is 3. The molecule has 4 N–H and O–H groups in total. The van der Waals surface area contributed by atoms with Gasteiger partial charge in [0, 0.05) is 6.54 Å². The molecular weight excluding hydrogens is 269 g/mol. The molecule has 1 amide bonds. The minimum Gasteiger partial charge on any atom is -0.352 e. The van der Waals surface area contributed by atoms with Crippen molar-refractivity contribution in [2.75, 3.05) is 12.0 Å². The molecule has 2 aromatic carbocycles. The summed E-state index contributed by atoms with van der Waals surface area (Å²) in [5, 5.41) is 2.83. The summed E-state index contributed by atoms with van der Waals surface area (Å²) in [6.07, 6.45) is 0.642. The lowest BCUT2D eigenvalue weighted by Gasteiger charge is -2.10. The quantitative estimate of drug-likeness (QED) is 0.584.